The Bertz CT molecular complexity index is 1060. The van der Waals surface area contributed by atoms with Crippen molar-refractivity contribution in [3.05, 3.63) is 90.0 Å². The minimum atomic E-state index is -1.21. The number of nitrogens with one attached hydrogen (secondary N) is 1. The third-order valence-electron chi connectivity index (χ3n) is 4.86. The van der Waals surface area contributed by atoms with Crippen LogP contribution in [0.1, 0.15) is 16.8 Å². The zero-order chi connectivity index (χ0) is 23.6. The van der Waals surface area contributed by atoms with Crippen LogP contribution >= 0.6 is 0 Å². The molecule has 2 aromatic carbocycles. The minimum absolute atomic E-state index is 0.0793. The van der Waals surface area contributed by atoms with Gasteiger partial charge in [0.1, 0.15) is 19.0 Å². The van der Waals surface area contributed by atoms with Crippen LogP contribution in [0.5, 0.6) is 0 Å². The first-order valence-corrected chi connectivity index (χ1v) is 10.2. The van der Waals surface area contributed by atoms with Crippen molar-refractivity contribution in [3.63, 3.8) is 0 Å². The number of nitrogens with zero attached hydrogens (tertiary/aromatic N) is 3. The van der Waals surface area contributed by atoms with Gasteiger partial charge in [0.05, 0.1) is 11.9 Å². The van der Waals surface area contributed by atoms with Gasteiger partial charge in [-0.1, -0.05) is 60.7 Å². The fourth-order valence-electron chi connectivity index (χ4n) is 3.20. The van der Waals surface area contributed by atoms with Gasteiger partial charge in [-0.25, -0.2) is 19.2 Å². The molecule has 0 spiro atoms. The van der Waals surface area contributed by atoms with Crippen molar-refractivity contribution in [1.29, 1.82) is 0 Å². The molecule has 0 saturated heterocycles. The largest absolute Gasteiger partial charge is 0.480 e. The van der Waals surface area contributed by atoms with Gasteiger partial charge in [0, 0.05) is 12.8 Å². The Balaban J connectivity index is 1.87. The van der Waals surface area contributed by atoms with Crippen molar-refractivity contribution in [2.45, 2.75) is 31.5 Å². The number of carboxylic acid groups (broad SMARTS) is 2. The standard InChI is InChI=1S/C23H24N4O6/c28-16-25-20(22(29)30)12-19-13-26(15-24-19)27(33-14-18-9-5-2-6-10-18)21(23(31)32)11-17-7-3-1-4-8-17/h1-10,13,15-16,20-21H,11-12,14H2,(H,25,28)(H,29,30)(H,31,32)/t20-,21-/m0/s1. The van der Waals surface area contributed by atoms with Gasteiger partial charge in [-0.05, 0) is 11.1 Å². The third-order valence-corrected chi connectivity index (χ3v) is 4.86. The van der Waals surface area contributed by atoms with Crippen molar-refractivity contribution in [1.82, 2.24) is 15.0 Å². The lowest BCUT2D eigenvalue weighted by atomic mass is 10.1. The summed E-state index contributed by atoms with van der Waals surface area (Å²) in [7, 11) is 0. The van der Waals surface area contributed by atoms with E-state index in [2.05, 4.69) is 10.3 Å². The average Bonchev–Trinajstić information content (AvgIpc) is 3.27. The Morgan fingerprint density at radius 3 is 2.21 bits per heavy atom. The molecule has 1 aromatic heterocycles. The van der Waals surface area contributed by atoms with Gasteiger partial charge < -0.3 is 15.5 Å². The molecule has 0 aliphatic carbocycles. The second kappa shape index (κ2) is 11.4. The molecule has 172 valence electrons. The Labute approximate surface area is 190 Å². The minimum Gasteiger partial charge on any atom is -0.480 e. The van der Waals surface area contributed by atoms with Gasteiger partial charge in [0.15, 0.2) is 6.04 Å². The number of benzene rings is 2. The summed E-state index contributed by atoms with van der Waals surface area (Å²) in [4.78, 5) is 44.3. The van der Waals surface area contributed by atoms with Gasteiger partial charge in [-0.2, -0.15) is 5.17 Å². The molecule has 0 bridgehead atoms. The first-order valence-electron chi connectivity index (χ1n) is 10.2. The van der Waals surface area contributed by atoms with Gasteiger partial charge in [0.25, 0.3) is 0 Å². The van der Waals surface area contributed by atoms with Crippen molar-refractivity contribution in [2.75, 3.05) is 5.17 Å². The lowest BCUT2D eigenvalue weighted by molar-refractivity contribution is -0.143. The number of rotatable bonds is 13. The van der Waals surface area contributed by atoms with E-state index in [1.54, 1.807) is 0 Å². The maximum atomic E-state index is 12.2. The Kier molecular flexibility index (Phi) is 8.14. The van der Waals surface area contributed by atoms with Crippen LogP contribution in [0.15, 0.2) is 73.2 Å². The summed E-state index contributed by atoms with van der Waals surface area (Å²) in [6, 6.07) is 16.2. The molecule has 1 heterocycles. The molecule has 0 saturated carbocycles. The predicted molar refractivity (Wildman–Crippen MR) is 118 cm³/mol. The lowest BCUT2D eigenvalue weighted by Gasteiger charge is -2.30. The average molecular weight is 452 g/mol. The van der Waals surface area contributed by atoms with E-state index in [-0.39, 0.29) is 19.4 Å². The van der Waals surface area contributed by atoms with Gasteiger partial charge in [-0.3, -0.25) is 9.63 Å². The number of carbonyl (C=O) groups is 3. The van der Waals surface area contributed by atoms with Gasteiger partial charge in [-0.15, -0.1) is 0 Å². The molecule has 2 atom stereocenters. The molecular weight excluding hydrogens is 428 g/mol. The molecule has 0 unspecified atom stereocenters. The van der Waals surface area contributed by atoms with Gasteiger partial charge >= 0.3 is 11.9 Å². The van der Waals surface area contributed by atoms with Crippen LogP contribution < -0.4 is 10.5 Å². The van der Waals surface area contributed by atoms with Crippen molar-refractivity contribution < 1.29 is 29.4 Å². The topological polar surface area (TPSA) is 134 Å². The number of aromatic nitrogens is 2. The van der Waals surface area contributed by atoms with Crippen molar-refractivity contribution >= 4 is 18.3 Å². The number of carboxylic acids is 2. The second-order valence-electron chi connectivity index (χ2n) is 7.23. The summed E-state index contributed by atoms with van der Waals surface area (Å²) in [6.45, 7) is 0.109. The number of hydrogen-bond acceptors (Lipinski definition) is 6. The van der Waals surface area contributed by atoms with E-state index in [9.17, 15) is 24.6 Å². The molecule has 0 fully saturated rings. The maximum absolute atomic E-state index is 12.2. The van der Waals surface area contributed by atoms with E-state index in [0.717, 1.165) is 11.1 Å². The summed E-state index contributed by atoms with van der Waals surface area (Å²) in [5.74, 6) is -2.31. The van der Waals surface area contributed by atoms with Crippen LogP contribution in [0, 0.1) is 0 Å². The highest BCUT2D eigenvalue weighted by molar-refractivity contribution is 5.76. The molecule has 3 aromatic rings. The first-order chi connectivity index (χ1) is 16.0. The van der Waals surface area contributed by atoms with E-state index < -0.39 is 24.0 Å². The third kappa shape index (κ3) is 6.65. The van der Waals surface area contributed by atoms with Crippen LogP contribution in [0.2, 0.25) is 0 Å². The highest BCUT2D eigenvalue weighted by atomic mass is 16.7. The lowest BCUT2D eigenvalue weighted by Crippen LogP contribution is -2.49. The number of amides is 1. The van der Waals surface area contributed by atoms with Crippen LogP contribution in [0.25, 0.3) is 0 Å². The molecule has 33 heavy (non-hydrogen) atoms. The molecule has 1 amide bonds. The molecule has 10 heteroatoms. The van der Waals surface area contributed by atoms with Crippen LogP contribution in [0.3, 0.4) is 0 Å². The number of carbonyl (C=O) groups excluding carboxylic acids is 1. The zero-order valence-corrected chi connectivity index (χ0v) is 17.7. The fraction of sp³-hybridized carbons (Fsp3) is 0.217. The van der Waals surface area contributed by atoms with Crippen molar-refractivity contribution in [2.24, 2.45) is 0 Å². The smallest absolute Gasteiger partial charge is 0.331 e. The molecule has 0 aliphatic rings. The van der Waals surface area contributed by atoms with E-state index in [1.807, 2.05) is 60.7 Å². The number of imidazole rings is 1. The van der Waals surface area contributed by atoms with Gasteiger partial charge in [0.2, 0.25) is 6.41 Å². The maximum Gasteiger partial charge on any atom is 0.331 e. The monoisotopic (exact) mass is 452 g/mol. The summed E-state index contributed by atoms with van der Waals surface area (Å²) in [5, 5.41) is 22.7. The van der Waals surface area contributed by atoms with E-state index in [0.29, 0.717) is 12.1 Å². The predicted octanol–water partition coefficient (Wildman–Crippen LogP) is 1.39. The SMILES string of the molecule is O=CN[C@@H](Cc1cn(N(OCc2ccccc2)[C@@H](Cc2ccccc2)C(=O)O)cn1)C(=O)O. The van der Waals surface area contributed by atoms with Crippen molar-refractivity contribution in [3.8, 4) is 0 Å². The first kappa shape index (κ1) is 23.5. The van der Waals surface area contributed by atoms with E-state index >= 15 is 0 Å². The highest BCUT2D eigenvalue weighted by Gasteiger charge is 2.29. The number of hydrogen-bond donors (Lipinski definition) is 3. The molecule has 10 nitrogen and oxygen atoms in total. The van der Waals surface area contributed by atoms with E-state index in [4.69, 9.17) is 4.84 Å². The quantitative estimate of drug-likeness (QED) is 0.262. The molecule has 0 aliphatic heterocycles. The summed E-state index contributed by atoms with van der Waals surface area (Å²) >= 11 is 0. The summed E-state index contributed by atoms with van der Waals surface area (Å²) in [6.07, 6.45) is 3.22. The van der Waals surface area contributed by atoms with E-state index in [1.165, 1.54) is 22.4 Å². The zero-order valence-electron chi connectivity index (χ0n) is 17.7. The van der Waals surface area contributed by atoms with Crippen LogP contribution in [-0.2, 0) is 38.7 Å². The normalized spacial score (nSPS) is 12.5. The Morgan fingerprint density at radius 1 is 1.00 bits per heavy atom. The number of aliphatic carboxylic acids is 2. The second-order valence-corrected chi connectivity index (χ2v) is 7.23. The molecule has 3 N–H and O–H groups in total. The summed E-state index contributed by atoms with van der Waals surface area (Å²) in [5.41, 5.74) is 1.99. The Hall–Kier alpha value is -4.18. The molecule has 3 rings (SSSR count). The van der Waals surface area contributed by atoms with Crippen LogP contribution in [0.4, 0.5) is 0 Å². The van der Waals surface area contributed by atoms with Crippen LogP contribution in [-0.4, -0.2) is 50.3 Å². The molecule has 0 radical (unpaired) electrons. The summed E-state index contributed by atoms with van der Waals surface area (Å²) < 4.78 is 1.37. The molecular formula is C23H24N4O6. The fourth-order valence-corrected chi connectivity index (χ4v) is 3.20. The number of hydroxylamine groups is 1. The Morgan fingerprint density at radius 2 is 1.64 bits per heavy atom. The highest BCUT2D eigenvalue weighted by Crippen LogP contribution is 2.14.